The van der Waals surface area contributed by atoms with Crippen molar-refractivity contribution in [1.82, 2.24) is 9.97 Å². The minimum absolute atomic E-state index is 0.118. The average Bonchev–Trinajstić information content (AvgIpc) is 3.51. The Hall–Kier alpha value is -6.01. The fourth-order valence-corrected chi connectivity index (χ4v) is 4.69. The maximum atomic E-state index is 14.1. The van der Waals surface area contributed by atoms with Crippen LogP contribution in [0.5, 0.6) is 17.2 Å². The molecule has 47 heavy (non-hydrogen) atoms. The monoisotopic (exact) mass is 638 g/mol. The van der Waals surface area contributed by atoms with Crippen LogP contribution in [0.2, 0.25) is 0 Å². The SMILES string of the molecule is CC(C)Oc1ccc(-c2c[nH]c3nccc(Oc4ccc(NC5=NCCCO5)cc4C(F)(F)F)c23)cc1C#N.N#Cc1ccccc1. The molecule has 2 N–H and O–H groups in total. The van der Waals surface area contributed by atoms with E-state index in [0.717, 1.165) is 12.5 Å². The second kappa shape index (κ2) is 14.4. The van der Waals surface area contributed by atoms with Crippen LogP contribution in [0.15, 0.2) is 90.2 Å². The first-order valence-electron chi connectivity index (χ1n) is 14.6. The molecule has 0 unspecified atom stereocenters. The third-order valence-electron chi connectivity index (χ3n) is 6.76. The maximum Gasteiger partial charge on any atom is 0.420 e. The van der Waals surface area contributed by atoms with Crippen molar-refractivity contribution in [1.29, 1.82) is 10.5 Å². The highest BCUT2D eigenvalue weighted by Gasteiger charge is 2.35. The molecule has 6 rings (SSSR count). The van der Waals surface area contributed by atoms with E-state index >= 15 is 0 Å². The van der Waals surface area contributed by atoms with Gasteiger partial charge in [-0.05, 0) is 67.9 Å². The van der Waals surface area contributed by atoms with Gasteiger partial charge in [0.25, 0.3) is 6.02 Å². The Kier molecular flexibility index (Phi) is 9.92. The molecule has 0 saturated carbocycles. The fourth-order valence-electron chi connectivity index (χ4n) is 4.69. The van der Waals surface area contributed by atoms with Crippen molar-refractivity contribution in [3.8, 4) is 40.5 Å². The zero-order chi connectivity index (χ0) is 33.4. The molecule has 0 bridgehead atoms. The molecule has 3 heterocycles. The molecule has 5 aromatic rings. The average molecular weight is 639 g/mol. The van der Waals surface area contributed by atoms with Crippen LogP contribution in [-0.4, -0.2) is 35.2 Å². The molecule has 1 aliphatic rings. The number of aromatic nitrogens is 2. The van der Waals surface area contributed by atoms with Gasteiger partial charge in [-0.25, -0.2) is 9.98 Å². The number of alkyl halides is 3. The van der Waals surface area contributed by atoms with Crippen molar-refractivity contribution >= 4 is 22.7 Å². The molecular formula is C35H29F3N6O3. The molecule has 0 fully saturated rings. The first-order chi connectivity index (χ1) is 22.7. The first kappa shape index (κ1) is 32.4. The normalized spacial score (nSPS) is 12.6. The van der Waals surface area contributed by atoms with Gasteiger partial charge in [0, 0.05) is 36.6 Å². The number of nitriles is 2. The van der Waals surface area contributed by atoms with E-state index in [4.69, 9.17) is 19.5 Å². The first-order valence-corrected chi connectivity index (χ1v) is 14.6. The highest BCUT2D eigenvalue weighted by Crippen LogP contribution is 2.43. The van der Waals surface area contributed by atoms with Gasteiger partial charge in [-0.3, -0.25) is 0 Å². The van der Waals surface area contributed by atoms with Gasteiger partial charge in [-0.1, -0.05) is 24.3 Å². The highest BCUT2D eigenvalue weighted by molar-refractivity contribution is 5.98. The quantitative estimate of drug-likeness (QED) is 0.191. The summed E-state index contributed by atoms with van der Waals surface area (Å²) >= 11 is 0. The Bertz CT molecular complexity index is 1980. The largest absolute Gasteiger partial charge is 0.490 e. The van der Waals surface area contributed by atoms with E-state index in [1.807, 2.05) is 38.1 Å². The molecule has 9 nitrogen and oxygen atoms in total. The zero-order valence-corrected chi connectivity index (χ0v) is 25.4. The Labute approximate surface area is 268 Å². The third-order valence-corrected chi connectivity index (χ3v) is 6.76. The summed E-state index contributed by atoms with van der Waals surface area (Å²) < 4.78 is 59.2. The summed E-state index contributed by atoms with van der Waals surface area (Å²) in [5, 5.41) is 21.2. The number of amidine groups is 1. The van der Waals surface area contributed by atoms with Crippen LogP contribution in [-0.2, 0) is 10.9 Å². The molecule has 0 aliphatic carbocycles. The standard InChI is InChI=1S/C28H24F3N5O3.C7H5N/c1-16(2)38-22-6-4-17(12-18(22)14-32)20-15-35-26-25(20)24(8-10-33-26)39-23-7-5-19(13-21(23)28(29,30)31)36-27-34-9-3-11-37-27;8-6-7-4-2-1-3-5-7/h4-8,10,12-13,15-16H,3,9,11H2,1-2H3,(H,33,35)(H,34,36);1-5H. The summed E-state index contributed by atoms with van der Waals surface area (Å²) in [6.45, 7) is 4.70. The number of nitrogens with one attached hydrogen (secondary N) is 2. The van der Waals surface area contributed by atoms with E-state index in [1.165, 1.54) is 24.4 Å². The predicted molar refractivity (Wildman–Crippen MR) is 171 cm³/mol. The van der Waals surface area contributed by atoms with Crippen LogP contribution in [0.3, 0.4) is 0 Å². The number of hydrogen-bond acceptors (Lipinski definition) is 8. The molecular weight excluding hydrogens is 609 g/mol. The van der Waals surface area contributed by atoms with Crippen molar-refractivity contribution in [2.24, 2.45) is 4.99 Å². The summed E-state index contributed by atoms with van der Waals surface area (Å²) in [4.78, 5) is 11.5. The van der Waals surface area contributed by atoms with Gasteiger partial charge in [-0.2, -0.15) is 23.7 Å². The van der Waals surface area contributed by atoms with Crippen LogP contribution in [0, 0.1) is 22.7 Å². The van der Waals surface area contributed by atoms with Crippen molar-refractivity contribution in [2.45, 2.75) is 32.5 Å². The number of rotatable bonds is 6. The van der Waals surface area contributed by atoms with Crippen molar-refractivity contribution < 1.29 is 27.4 Å². The number of benzene rings is 3. The number of ether oxygens (including phenoxy) is 3. The number of pyridine rings is 1. The lowest BCUT2D eigenvalue weighted by molar-refractivity contribution is -0.138. The van der Waals surface area contributed by atoms with Gasteiger partial charge in [0.15, 0.2) is 0 Å². The molecule has 0 radical (unpaired) electrons. The van der Waals surface area contributed by atoms with Gasteiger partial charge >= 0.3 is 6.18 Å². The molecule has 12 heteroatoms. The van der Waals surface area contributed by atoms with E-state index in [2.05, 4.69) is 26.3 Å². The van der Waals surface area contributed by atoms with Gasteiger partial charge in [0.05, 0.1) is 35.3 Å². The van der Waals surface area contributed by atoms with Crippen LogP contribution in [0.25, 0.3) is 22.2 Å². The van der Waals surface area contributed by atoms with Gasteiger partial charge < -0.3 is 24.5 Å². The van der Waals surface area contributed by atoms with E-state index in [-0.39, 0.29) is 29.3 Å². The van der Waals surface area contributed by atoms with Gasteiger partial charge in [0.1, 0.15) is 34.5 Å². The van der Waals surface area contributed by atoms with Crippen molar-refractivity contribution in [3.63, 3.8) is 0 Å². The number of H-pyrrole nitrogens is 1. The van der Waals surface area contributed by atoms with E-state index in [9.17, 15) is 18.4 Å². The summed E-state index contributed by atoms with van der Waals surface area (Å²) in [6.07, 6.45) is -0.940. The lowest BCUT2D eigenvalue weighted by Gasteiger charge is -2.18. The Morgan fingerprint density at radius 2 is 1.74 bits per heavy atom. The molecule has 238 valence electrons. The van der Waals surface area contributed by atoms with Crippen LogP contribution in [0.1, 0.15) is 37.0 Å². The van der Waals surface area contributed by atoms with E-state index < -0.39 is 11.7 Å². The summed E-state index contributed by atoms with van der Waals surface area (Å²) in [5.74, 6) is 0.236. The lowest BCUT2D eigenvalue weighted by Crippen LogP contribution is -2.22. The molecule has 0 amide bonds. The van der Waals surface area contributed by atoms with E-state index in [1.54, 1.807) is 36.5 Å². The number of aromatic amines is 1. The molecule has 0 spiro atoms. The molecule has 0 atom stereocenters. The second-order valence-electron chi connectivity index (χ2n) is 10.5. The summed E-state index contributed by atoms with van der Waals surface area (Å²) in [6, 6.07) is 23.8. The smallest absolute Gasteiger partial charge is 0.420 e. The summed E-state index contributed by atoms with van der Waals surface area (Å²) in [7, 11) is 0. The Balaban J connectivity index is 0.000000474. The topological polar surface area (TPSA) is 128 Å². The number of fused-ring (bicyclic) bond motifs is 1. The van der Waals surface area contributed by atoms with Crippen molar-refractivity contribution in [3.05, 3.63) is 102 Å². The van der Waals surface area contributed by atoms with Gasteiger partial charge in [-0.15, -0.1) is 0 Å². The molecule has 2 aromatic heterocycles. The van der Waals surface area contributed by atoms with E-state index in [0.29, 0.717) is 52.2 Å². The minimum atomic E-state index is -4.69. The fraction of sp³-hybridized carbons (Fsp3) is 0.200. The zero-order valence-electron chi connectivity index (χ0n) is 25.4. The number of nitrogens with zero attached hydrogens (tertiary/aromatic N) is 4. The summed E-state index contributed by atoms with van der Waals surface area (Å²) in [5.41, 5.74) is 1.93. The third kappa shape index (κ3) is 7.99. The Morgan fingerprint density at radius 3 is 2.40 bits per heavy atom. The molecule has 3 aromatic carbocycles. The number of aliphatic imine (C=N–C) groups is 1. The number of halogens is 3. The van der Waals surface area contributed by atoms with Crippen molar-refractivity contribution in [2.75, 3.05) is 18.5 Å². The minimum Gasteiger partial charge on any atom is -0.490 e. The molecule has 1 aliphatic heterocycles. The van der Waals surface area contributed by atoms with Crippen LogP contribution in [0.4, 0.5) is 18.9 Å². The lowest BCUT2D eigenvalue weighted by atomic mass is 10.0. The number of hydrogen-bond donors (Lipinski definition) is 2. The number of anilines is 1. The predicted octanol–water partition coefficient (Wildman–Crippen LogP) is 8.45. The van der Waals surface area contributed by atoms with Gasteiger partial charge in [0.2, 0.25) is 0 Å². The second-order valence-corrected chi connectivity index (χ2v) is 10.5. The molecule has 0 saturated heterocycles. The van der Waals surface area contributed by atoms with Crippen LogP contribution < -0.4 is 14.8 Å². The Morgan fingerprint density at radius 1 is 0.957 bits per heavy atom. The maximum absolute atomic E-state index is 14.1. The highest BCUT2D eigenvalue weighted by atomic mass is 19.4. The van der Waals surface area contributed by atoms with Crippen LogP contribution >= 0.6 is 0 Å².